The standard InChI is InChI=1S/C17H24O3/c1-8-12(14(18)20-7)17(6)10-9-13(11(2)3)16(4,5)15(17)19/h8-10,13H,2H2,1,3-7H3/b12-8+/t13?,17-/m0/s1. The molecule has 0 aromatic rings. The Labute approximate surface area is 121 Å². The topological polar surface area (TPSA) is 43.4 Å². The van der Waals surface area contributed by atoms with Crippen LogP contribution < -0.4 is 0 Å². The molecule has 0 aromatic heterocycles. The minimum absolute atomic E-state index is 0.0130. The summed E-state index contributed by atoms with van der Waals surface area (Å²) in [4.78, 5) is 24.9. The zero-order valence-corrected chi connectivity index (χ0v) is 13.2. The van der Waals surface area contributed by atoms with E-state index < -0.39 is 16.8 Å². The number of carbonyl (C=O) groups excluding carboxylic acids is 2. The van der Waals surface area contributed by atoms with E-state index >= 15 is 0 Å². The highest BCUT2D eigenvalue weighted by Crippen LogP contribution is 2.47. The maximum Gasteiger partial charge on any atom is 0.334 e. The van der Waals surface area contributed by atoms with Gasteiger partial charge in [-0.2, -0.15) is 0 Å². The fourth-order valence-corrected chi connectivity index (χ4v) is 3.15. The van der Waals surface area contributed by atoms with Crippen molar-refractivity contribution in [2.24, 2.45) is 16.7 Å². The van der Waals surface area contributed by atoms with Crippen molar-refractivity contribution < 1.29 is 14.3 Å². The normalized spacial score (nSPS) is 29.2. The van der Waals surface area contributed by atoms with Gasteiger partial charge in [-0.3, -0.25) is 4.79 Å². The van der Waals surface area contributed by atoms with Crippen molar-refractivity contribution in [1.82, 2.24) is 0 Å². The third-order valence-electron chi connectivity index (χ3n) is 4.24. The third-order valence-corrected chi connectivity index (χ3v) is 4.24. The van der Waals surface area contributed by atoms with Crippen LogP contribution >= 0.6 is 0 Å². The summed E-state index contributed by atoms with van der Waals surface area (Å²) < 4.78 is 4.80. The maximum absolute atomic E-state index is 13.0. The third kappa shape index (κ3) is 2.37. The Morgan fingerprint density at radius 2 is 1.95 bits per heavy atom. The van der Waals surface area contributed by atoms with E-state index in [9.17, 15) is 9.59 Å². The molecule has 0 saturated heterocycles. The molecule has 1 rings (SSSR count). The number of esters is 1. The van der Waals surface area contributed by atoms with E-state index in [1.165, 1.54) is 7.11 Å². The van der Waals surface area contributed by atoms with Crippen molar-refractivity contribution >= 4 is 11.8 Å². The Kier molecular flexibility index (Phi) is 4.42. The zero-order valence-electron chi connectivity index (χ0n) is 13.2. The minimum Gasteiger partial charge on any atom is -0.466 e. The highest BCUT2D eigenvalue weighted by Gasteiger charge is 2.51. The Balaban J connectivity index is 3.41. The van der Waals surface area contributed by atoms with E-state index in [0.717, 1.165) is 5.57 Å². The number of hydrogen-bond donors (Lipinski definition) is 0. The largest absolute Gasteiger partial charge is 0.466 e. The fraction of sp³-hybridized carbons (Fsp3) is 0.529. The maximum atomic E-state index is 13.0. The average Bonchev–Trinajstić information content (AvgIpc) is 2.36. The van der Waals surface area contributed by atoms with Crippen LogP contribution in [-0.2, 0) is 14.3 Å². The summed E-state index contributed by atoms with van der Waals surface area (Å²) in [6.07, 6.45) is 5.45. The van der Waals surface area contributed by atoms with Crippen LogP contribution in [0.15, 0.2) is 36.0 Å². The van der Waals surface area contributed by atoms with Crippen molar-refractivity contribution in [2.45, 2.75) is 34.6 Å². The van der Waals surface area contributed by atoms with Crippen molar-refractivity contribution in [1.29, 1.82) is 0 Å². The van der Waals surface area contributed by atoms with Crippen molar-refractivity contribution in [3.05, 3.63) is 36.0 Å². The van der Waals surface area contributed by atoms with E-state index in [1.54, 1.807) is 19.9 Å². The highest BCUT2D eigenvalue weighted by molar-refractivity contribution is 6.04. The molecule has 20 heavy (non-hydrogen) atoms. The summed E-state index contributed by atoms with van der Waals surface area (Å²) in [5.41, 5.74) is -0.217. The van der Waals surface area contributed by atoms with Gasteiger partial charge in [0, 0.05) is 11.3 Å². The smallest absolute Gasteiger partial charge is 0.334 e. The molecule has 0 saturated carbocycles. The average molecular weight is 276 g/mol. The SMILES string of the molecule is C=C(C)C1C=C[C@@](C)(/C(=C/C)C(=O)OC)C(=O)C1(C)C. The number of ketones is 1. The summed E-state index contributed by atoms with van der Waals surface area (Å²) >= 11 is 0. The Morgan fingerprint density at radius 3 is 2.35 bits per heavy atom. The number of methoxy groups -OCH3 is 1. The van der Waals surface area contributed by atoms with E-state index in [2.05, 4.69) is 6.58 Å². The van der Waals surface area contributed by atoms with Crippen molar-refractivity contribution in [2.75, 3.05) is 7.11 Å². The summed E-state index contributed by atoms with van der Waals surface area (Å²) in [5, 5.41) is 0. The van der Waals surface area contributed by atoms with Gasteiger partial charge in [0.1, 0.15) is 0 Å². The van der Waals surface area contributed by atoms with E-state index in [4.69, 9.17) is 4.74 Å². The molecule has 3 heteroatoms. The molecule has 3 nitrogen and oxygen atoms in total. The van der Waals surface area contributed by atoms with Crippen LogP contribution in [0, 0.1) is 16.7 Å². The van der Waals surface area contributed by atoms with Crippen LogP contribution in [0.1, 0.15) is 34.6 Å². The molecule has 0 spiro atoms. The lowest BCUT2D eigenvalue weighted by molar-refractivity contribution is -0.142. The lowest BCUT2D eigenvalue weighted by Crippen LogP contribution is -2.47. The molecule has 0 bridgehead atoms. The molecule has 0 amide bonds. The van der Waals surface area contributed by atoms with Gasteiger partial charge >= 0.3 is 5.97 Å². The zero-order chi connectivity index (χ0) is 15.7. The first kappa shape index (κ1) is 16.4. The van der Waals surface area contributed by atoms with Crippen LogP contribution in [0.3, 0.4) is 0 Å². The van der Waals surface area contributed by atoms with Crippen LogP contribution in [0.2, 0.25) is 0 Å². The number of Topliss-reactive ketones (excluding diaryl/α,β-unsaturated/α-hetero) is 1. The molecule has 0 fully saturated rings. The molecule has 110 valence electrons. The molecule has 0 aliphatic heterocycles. The predicted molar refractivity (Wildman–Crippen MR) is 80.1 cm³/mol. The van der Waals surface area contributed by atoms with E-state index in [1.807, 2.05) is 32.9 Å². The predicted octanol–water partition coefficient (Wildman–Crippen LogP) is 3.47. The van der Waals surface area contributed by atoms with Gasteiger partial charge in [-0.05, 0) is 20.8 Å². The summed E-state index contributed by atoms with van der Waals surface area (Å²) in [6.45, 7) is 13.2. The molecule has 1 aliphatic carbocycles. The second-order valence-electron chi connectivity index (χ2n) is 6.13. The Bertz CT molecular complexity index is 508. The molecule has 0 radical (unpaired) electrons. The molecular weight excluding hydrogens is 252 g/mol. The molecule has 2 atom stereocenters. The summed E-state index contributed by atoms with van der Waals surface area (Å²) in [7, 11) is 1.33. The minimum atomic E-state index is -0.947. The Hall–Kier alpha value is -1.64. The van der Waals surface area contributed by atoms with Crippen molar-refractivity contribution in [3.8, 4) is 0 Å². The number of ether oxygens (including phenoxy) is 1. The first-order valence-electron chi connectivity index (χ1n) is 6.77. The van der Waals surface area contributed by atoms with Gasteiger partial charge in [-0.25, -0.2) is 4.79 Å². The summed E-state index contributed by atoms with van der Waals surface area (Å²) in [6, 6.07) is 0. The summed E-state index contributed by atoms with van der Waals surface area (Å²) in [5.74, 6) is -0.463. The van der Waals surface area contributed by atoms with Gasteiger partial charge in [0.2, 0.25) is 0 Å². The van der Waals surface area contributed by atoms with Gasteiger partial charge < -0.3 is 4.74 Å². The monoisotopic (exact) mass is 276 g/mol. The lowest BCUT2D eigenvalue weighted by atomic mass is 9.58. The second kappa shape index (κ2) is 5.39. The molecule has 0 N–H and O–H groups in total. The van der Waals surface area contributed by atoms with Gasteiger partial charge in [0.15, 0.2) is 5.78 Å². The van der Waals surface area contributed by atoms with Gasteiger partial charge in [-0.1, -0.05) is 44.2 Å². The first-order valence-corrected chi connectivity index (χ1v) is 6.77. The quantitative estimate of drug-likeness (QED) is 0.450. The van der Waals surface area contributed by atoms with Crippen LogP contribution in [0.4, 0.5) is 0 Å². The lowest BCUT2D eigenvalue weighted by Gasteiger charge is -2.43. The molecular formula is C17H24O3. The van der Waals surface area contributed by atoms with Crippen LogP contribution in [-0.4, -0.2) is 18.9 Å². The van der Waals surface area contributed by atoms with Crippen LogP contribution in [0.5, 0.6) is 0 Å². The number of carbonyl (C=O) groups is 2. The van der Waals surface area contributed by atoms with Gasteiger partial charge in [0.05, 0.1) is 18.1 Å². The fourth-order valence-electron chi connectivity index (χ4n) is 3.15. The van der Waals surface area contributed by atoms with Gasteiger partial charge in [-0.15, -0.1) is 0 Å². The highest BCUT2D eigenvalue weighted by atomic mass is 16.5. The van der Waals surface area contributed by atoms with E-state index in [0.29, 0.717) is 5.57 Å². The molecule has 1 aliphatic rings. The van der Waals surface area contributed by atoms with E-state index in [-0.39, 0.29) is 11.7 Å². The number of allylic oxidation sites excluding steroid dienone is 4. The Morgan fingerprint density at radius 1 is 1.40 bits per heavy atom. The first-order chi connectivity index (χ1) is 9.12. The number of rotatable bonds is 3. The molecule has 0 heterocycles. The second-order valence-corrected chi connectivity index (χ2v) is 6.13. The van der Waals surface area contributed by atoms with Crippen molar-refractivity contribution in [3.63, 3.8) is 0 Å². The van der Waals surface area contributed by atoms with Gasteiger partial charge in [0.25, 0.3) is 0 Å². The number of hydrogen-bond acceptors (Lipinski definition) is 3. The van der Waals surface area contributed by atoms with Crippen LogP contribution in [0.25, 0.3) is 0 Å². The molecule has 0 aromatic carbocycles. The molecule has 1 unspecified atom stereocenters.